The van der Waals surface area contributed by atoms with E-state index in [-0.39, 0.29) is 5.91 Å². The highest BCUT2D eigenvalue weighted by atomic mass is 35.5. The molecule has 10 heteroatoms. The van der Waals surface area contributed by atoms with Gasteiger partial charge in [-0.2, -0.15) is 4.98 Å². The first kappa shape index (κ1) is 28.0. The van der Waals surface area contributed by atoms with Crippen molar-refractivity contribution in [2.45, 2.75) is 45.1 Å². The lowest BCUT2D eigenvalue weighted by Gasteiger charge is -2.41. The van der Waals surface area contributed by atoms with E-state index in [1.165, 1.54) is 51.4 Å². The third kappa shape index (κ3) is 6.59. The van der Waals surface area contributed by atoms with Gasteiger partial charge in [-0.15, -0.1) is 0 Å². The van der Waals surface area contributed by atoms with E-state index in [0.29, 0.717) is 46.4 Å². The normalized spacial score (nSPS) is 16.4. The highest BCUT2D eigenvalue weighted by Gasteiger charge is 2.26. The zero-order valence-electron chi connectivity index (χ0n) is 23.3. The molecule has 5 rings (SSSR count). The summed E-state index contributed by atoms with van der Waals surface area (Å²) in [6.07, 6.45) is 7.97. The highest BCUT2D eigenvalue weighted by molar-refractivity contribution is 6.33. The minimum Gasteiger partial charge on any atom is -0.494 e. The smallest absolute Gasteiger partial charge is 0.253 e. The van der Waals surface area contributed by atoms with Crippen LogP contribution in [0.15, 0.2) is 48.7 Å². The maximum atomic E-state index is 12.5. The lowest BCUT2D eigenvalue weighted by molar-refractivity contribution is 0.0956. The molecule has 0 unspecified atom stereocenters. The van der Waals surface area contributed by atoms with Crippen molar-refractivity contribution in [2.75, 3.05) is 55.4 Å². The average Bonchev–Trinajstić information content (AvgIpc) is 3.00. The summed E-state index contributed by atoms with van der Waals surface area (Å²) in [4.78, 5) is 26.6. The zero-order chi connectivity index (χ0) is 27.9. The Morgan fingerprint density at radius 2 is 1.80 bits per heavy atom. The molecule has 0 saturated carbocycles. The fourth-order valence-corrected chi connectivity index (χ4v) is 5.70. The van der Waals surface area contributed by atoms with Crippen LogP contribution in [0.3, 0.4) is 0 Å². The maximum Gasteiger partial charge on any atom is 0.253 e. The van der Waals surface area contributed by atoms with Gasteiger partial charge in [-0.1, -0.05) is 30.2 Å². The number of halogens is 1. The summed E-state index contributed by atoms with van der Waals surface area (Å²) in [5, 5.41) is 9.62. The summed E-state index contributed by atoms with van der Waals surface area (Å²) >= 11 is 6.42. The van der Waals surface area contributed by atoms with Gasteiger partial charge in [0.05, 0.1) is 30.2 Å². The fraction of sp³-hybridized carbons (Fsp3) is 0.433. The Balaban J connectivity index is 1.27. The molecule has 0 radical (unpaired) electrons. The van der Waals surface area contributed by atoms with Crippen molar-refractivity contribution < 1.29 is 9.53 Å². The molecule has 2 aliphatic heterocycles. The number of anilines is 5. The van der Waals surface area contributed by atoms with Gasteiger partial charge >= 0.3 is 0 Å². The van der Waals surface area contributed by atoms with Crippen LogP contribution in [0, 0.1) is 0 Å². The van der Waals surface area contributed by atoms with Crippen molar-refractivity contribution in [3.8, 4) is 5.75 Å². The monoisotopic (exact) mass is 563 g/mol. The van der Waals surface area contributed by atoms with Crippen LogP contribution in [0.1, 0.15) is 49.4 Å². The topological polar surface area (TPSA) is 94.6 Å². The lowest BCUT2D eigenvalue weighted by atomic mass is 9.99. The van der Waals surface area contributed by atoms with Gasteiger partial charge in [-0.05, 0) is 70.0 Å². The number of hydrogen-bond acceptors (Lipinski definition) is 8. The summed E-state index contributed by atoms with van der Waals surface area (Å²) in [7, 11) is 1.67. The molecule has 3 N–H and O–H groups in total. The molecule has 1 amide bonds. The van der Waals surface area contributed by atoms with Crippen LogP contribution in [-0.4, -0.2) is 66.7 Å². The van der Waals surface area contributed by atoms with Gasteiger partial charge < -0.3 is 30.5 Å². The van der Waals surface area contributed by atoms with Gasteiger partial charge in [0.15, 0.2) is 5.82 Å². The minimum atomic E-state index is -0.172. The van der Waals surface area contributed by atoms with Gasteiger partial charge in [0.25, 0.3) is 5.91 Å². The minimum absolute atomic E-state index is 0.172. The summed E-state index contributed by atoms with van der Waals surface area (Å²) in [5.41, 5.74) is 3.02. The molecule has 2 aliphatic rings. The fourth-order valence-electron chi connectivity index (χ4n) is 5.56. The number of benzene rings is 2. The number of para-hydroxylation sites is 1. The van der Waals surface area contributed by atoms with Crippen molar-refractivity contribution in [2.24, 2.45) is 0 Å². The van der Waals surface area contributed by atoms with Gasteiger partial charge in [0.2, 0.25) is 5.95 Å². The average molecular weight is 564 g/mol. The molecule has 0 atom stereocenters. The number of amides is 1. The van der Waals surface area contributed by atoms with Gasteiger partial charge in [0.1, 0.15) is 10.8 Å². The predicted molar refractivity (Wildman–Crippen MR) is 162 cm³/mol. The van der Waals surface area contributed by atoms with Crippen LogP contribution in [-0.2, 0) is 0 Å². The number of piperidine rings is 2. The Labute approximate surface area is 241 Å². The molecule has 0 spiro atoms. The van der Waals surface area contributed by atoms with Crippen LogP contribution in [0.5, 0.6) is 5.75 Å². The number of hydrogen-bond donors (Lipinski definition) is 3. The van der Waals surface area contributed by atoms with Gasteiger partial charge in [-0.3, -0.25) is 4.79 Å². The maximum absolute atomic E-state index is 12.5. The van der Waals surface area contributed by atoms with Crippen LogP contribution in [0.2, 0.25) is 5.02 Å². The Hall–Kier alpha value is -3.56. The number of aromatic nitrogens is 2. The van der Waals surface area contributed by atoms with Crippen LogP contribution in [0.25, 0.3) is 0 Å². The first-order valence-electron chi connectivity index (χ1n) is 14.2. The number of carbonyl (C=O) groups is 1. The van der Waals surface area contributed by atoms with Crippen molar-refractivity contribution in [1.29, 1.82) is 0 Å². The number of ether oxygens (including phenoxy) is 1. The number of rotatable bonds is 9. The third-order valence-corrected chi connectivity index (χ3v) is 7.95. The van der Waals surface area contributed by atoms with E-state index >= 15 is 0 Å². The van der Waals surface area contributed by atoms with Crippen molar-refractivity contribution in [1.82, 2.24) is 20.2 Å². The highest BCUT2D eigenvalue weighted by Crippen LogP contribution is 2.34. The van der Waals surface area contributed by atoms with E-state index < -0.39 is 0 Å². The Morgan fingerprint density at radius 1 is 1.02 bits per heavy atom. The van der Waals surface area contributed by atoms with E-state index in [2.05, 4.69) is 47.9 Å². The van der Waals surface area contributed by atoms with E-state index in [0.717, 1.165) is 24.5 Å². The summed E-state index contributed by atoms with van der Waals surface area (Å²) < 4.78 is 5.74. The first-order valence-corrected chi connectivity index (χ1v) is 14.5. The number of nitrogens with zero attached hydrogens (tertiary/aromatic N) is 4. The predicted octanol–water partition coefficient (Wildman–Crippen LogP) is 5.83. The molecule has 3 aromatic rings. The van der Waals surface area contributed by atoms with Crippen molar-refractivity contribution in [3.63, 3.8) is 0 Å². The van der Waals surface area contributed by atoms with Crippen LogP contribution >= 0.6 is 11.6 Å². The zero-order valence-corrected chi connectivity index (χ0v) is 24.0. The van der Waals surface area contributed by atoms with E-state index in [1.54, 1.807) is 13.2 Å². The second kappa shape index (κ2) is 13.2. The first-order chi connectivity index (χ1) is 19.6. The Morgan fingerprint density at radius 3 is 2.55 bits per heavy atom. The number of likely N-dealkylation sites (tertiary alicyclic amines) is 1. The summed E-state index contributed by atoms with van der Waals surface area (Å²) in [6, 6.07) is 14.1. The molecule has 0 bridgehead atoms. The van der Waals surface area contributed by atoms with E-state index in [1.807, 2.05) is 31.2 Å². The Bertz CT molecular complexity index is 1310. The van der Waals surface area contributed by atoms with E-state index in [4.69, 9.17) is 16.3 Å². The van der Waals surface area contributed by atoms with Gasteiger partial charge in [-0.25, -0.2) is 4.98 Å². The molecular weight excluding hydrogens is 526 g/mol. The van der Waals surface area contributed by atoms with Crippen LogP contribution in [0.4, 0.5) is 28.8 Å². The van der Waals surface area contributed by atoms with Gasteiger partial charge in [0, 0.05) is 37.4 Å². The number of nitrogens with one attached hydrogen (secondary N) is 3. The molecular formula is C30H38ClN7O2. The quantitative estimate of drug-likeness (QED) is 0.299. The van der Waals surface area contributed by atoms with E-state index in [9.17, 15) is 4.79 Å². The molecule has 0 aliphatic carbocycles. The third-order valence-electron chi connectivity index (χ3n) is 7.67. The standard InChI is InChI=1S/C30H38ClN7O2/c1-3-32-29(39)23-9-5-6-10-25(23)34-28-24(31)20-33-30(36-28)35-26-12-11-22(19-27(26)40-2)38-17-13-21(14-18-38)37-15-7-4-8-16-37/h5-6,9-12,19-21H,3-4,7-8,13-18H2,1-2H3,(H,32,39)(H2,33,34,35,36). The molecule has 1 aromatic heterocycles. The van der Waals surface area contributed by atoms with Crippen molar-refractivity contribution >= 4 is 46.3 Å². The largest absolute Gasteiger partial charge is 0.494 e. The molecule has 2 aromatic carbocycles. The molecule has 212 valence electrons. The summed E-state index contributed by atoms with van der Waals surface area (Å²) in [5.74, 6) is 1.29. The van der Waals surface area contributed by atoms with Crippen LogP contribution < -0.4 is 25.6 Å². The second-order valence-electron chi connectivity index (χ2n) is 10.2. The Kier molecular flexibility index (Phi) is 9.23. The lowest BCUT2D eigenvalue weighted by Crippen LogP contribution is -2.46. The molecule has 2 fully saturated rings. The number of carbonyl (C=O) groups excluding carboxylic acids is 1. The second-order valence-corrected chi connectivity index (χ2v) is 10.7. The molecule has 40 heavy (non-hydrogen) atoms. The molecule has 3 heterocycles. The summed E-state index contributed by atoms with van der Waals surface area (Å²) in [6.45, 7) is 7.01. The molecule has 2 saturated heterocycles. The number of methoxy groups -OCH3 is 1. The molecule has 9 nitrogen and oxygen atoms in total. The van der Waals surface area contributed by atoms with Crippen molar-refractivity contribution in [3.05, 3.63) is 59.2 Å². The SMILES string of the molecule is CCNC(=O)c1ccccc1Nc1nc(Nc2ccc(N3CCC(N4CCCCC4)CC3)cc2OC)ncc1Cl.